The highest BCUT2D eigenvalue weighted by Crippen LogP contribution is 2.16. The van der Waals surface area contributed by atoms with E-state index in [1.54, 1.807) is 0 Å². The summed E-state index contributed by atoms with van der Waals surface area (Å²) in [6, 6.07) is 10.1. The molecule has 0 fully saturated rings. The maximum atomic E-state index is 8.77. The Bertz CT molecular complexity index is 558. The molecule has 0 N–H and O–H groups in total. The first-order valence-corrected chi connectivity index (χ1v) is 5.29. The normalized spacial score (nSPS) is 11.0. The Balaban J connectivity index is 2.55. The van der Waals surface area contributed by atoms with E-state index in [0.29, 0.717) is 6.42 Å². The van der Waals surface area contributed by atoms with Crippen molar-refractivity contribution in [1.82, 2.24) is 9.55 Å². The quantitative estimate of drug-likeness (QED) is 0.732. The summed E-state index contributed by atoms with van der Waals surface area (Å²) in [5.41, 5.74) is 2.04. The summed E-state index contributed by atoms with van der Waals surface area (Å²) in [6.07, 6.45) is 4.42. The number of aromatic nitrogens is 2. The topological polar surface area (TPSA) is 41.6 Å². The van der Waals surface area contributed by atoms with Gasteiger partial charge in [0.05, 0.1) is 23.5 Å². The van der Waals surface area contributed by atoms with Crippen LogP contribution in [0.2, 0.25) is 0 Å². The second-order valence-corrected chi connectivity index (χ2v) is 3.53. The van der Waals surface area contributed by atoms with E-state index in [0.717, 1.165) is 23.4 Å². The molecule has 2 rings (SSSR count). The molecule has 0 bridgehead atoms. The minimum Gasteiger partial charge on any atom is -0.323 e. The van der Waals surface area contributed by atoms with Gasteiger partial charge in [0.15, 0.2) is 0 Å². The number of rotatable bonds is 3. The molecular weight excluding hydrogens is 198 g/mol. The maximum Gasteiger partial charge on any atom is 0.124 e. The van der Waals surface area contributed by atoms with Crippen LogP contribution in [0.1, 0.15) is 12.7 Å². The first-order valence-electron chi connectivity index (χ1n) is 5.29. The van der Waals surface area contributed by atoms with Crippen LogP contribution in [0.4, 0.5) is 0 Å². The minimum absolute atomic E-state index is 0.353. The van der Waals surface area contributed by atoms with Crippen molar-refractivity contribution in [2.75, 3.05) is 0 Å². The second kappa shape index (κ2) is 4.63. The molecule has 3 heteroatoms. The molecule has 0 saturated carbocycles. The Morgan fingerprint density at radius 3 is 3.00 bits per heavy atom. The zero-order valence-electron chi connectivity index (χ0n) is 9.22. The zero-order chi connectivity index (χ0) is 11.4. The third-order valence-electron chi connectivity index (χ3n) is 2.49. The van der Waals surface area contributed by atoms with E-state index in [9.17, 15) is 0 Å². The first kappa shape index (κ1) is 10.4. The summed E-state index contributed by atoms with van der Waals surface area (Å²) in [5, 5.41) is 8.77. The molecule has 1 heterocycles. The van der Waals surface area contributed by atoms with Crippen molar-refractivity contribution in [2.45, 2.75) is 19.9 Å². The van der Waals surface area contributed by atoms with Gasteiger partial charge in [0, 0.05) is 6.54 Å². The second-order valence-electron chi connectivity index (χ2n) is 3.53. The smallest absolute Gasteiger partial charge is 0.124 e. The van der Waals surface area contributed by atoms with Gasteiger partial charge < -0.3 is 4.57 Å². The van der Waals surface area contributed by atoms with Crippen LogP contribution in [0.25, 0.3) is 11.0 Å². The number of nitriles is 1. The lowest BCUT2D eigenvalue weighted by Crippen LogP contribution is -2.01. The van der Waals surface area contributed by atoms with E-state index < -0.39 is 0 Å². The van der Waals surface area contributed by atoms with Crippen molar-refractivity contribution in [1.29, 1.82) is 5.26 Å². The number of allylic oxidation sites excluding steroid dienone is 2. The van der Waals surface area contributed by atoms with E-state index in [2.05, 4.69) is 21.7 Å². The van der Waals surface area contributed by atoms with Gasteiger partial charge in [0.25, 0.3) is 0 Å². The van der Waals surface area contributed by atoms with Crippen molar-refractivity contribution in [3.05, 3.63) is 42.2 Å². The summed E-state index contributed by atoms with van der Waals surface area (Å²) in [5.74, 6) is 0.835. The predicted octanol–water partition coefficient (Wildman–Crippen LogP) is 2.68. The number of hydrogen-bond donors (Lipinski definition) is 0. The van der Waals surface area contributed by atoms with Crippen LogP contribution >= 0.6 is 0 Å². The van der Waals surface area contributed by atoms with Crippen molar-refractivity contribution in [3.8, 4) is 6.07 Å². The molecule has 0 spiro atoms. The molecule has 0 unspecified atom stereocenters. The predicted molar refractivity (Wildman–Crippen MR) is 63.9 cm³/mol. The lowest BCUT2D eigenvalue weighted by Gasteiger charge is -2.03. The van der Waals surface area contributed by atoms with Gasteiger partial charge >= 0.3 is 0 Å². The van der Waals surface area contributed by atoms with Gasteiger partial charge in [-0.1, -0.05) is 24.3 Å². The average molecular weight is 211 g/mol. The largest absolute Gasteiger partial charge is 0.323 e. The van der Waals surface area contributed by atoms with Crippen LogP contribution in [0, 0.1) is 11.3 Å². The van der Waals surface area contributed by atoms with E-state index in [4.69, 9.17) is 5.26 Å². The van der Waals surface area contributed by atoms with Gasteiger partial charge in [-0.3, -0.25) is 0 Å². The van der Waals surface area contributed by atoms with Crippen molar-refractivity contribution < 1.29 is 0 Å². The number of para-hydroxylation sites is 2. The standard InChI is InChI=1S/C13H13N3/c1-2-3-10-16-12-7-5-4-6-11(12)15-13(16)8-9-14/h2-7H,8,10H2,1H3. The summed E-state index contributed by atoms with van der Waals surface area (Å²) in [4.78, 5) is 4.46. The van der Waals surface area contributed by atoms with Crippen molar-refractivity contribution in [3.63, 3.8) is 0 Å². The highest BCUT2D eigenvalue weighted by atomic mass is 15.1. The van der Waals surface area contributed by atoms with Crippen LogP contribution in [-0.2, 0) is 13.0 Å². The van der Waals surface area contributed by atoms with Gasteiger partial charge in [-0.2, -0.15) is 5.26 Å². The maximum absolute atomic E-state index is 8.77. The Hall–Kier alpha value is -2.08. The number of benzene rings is 1. The Morgan fingerprint density at radius 1 is 1.44 bits per heavy atom. The summed E-state index contributed by atoms with van der Waals surface area (Å²) in [6.45, 7) is 2.76. The third kappa shape index (κ3) is 1.82. The molecule has 3 nitrogen and oxygen atoms in total. The number of fused-ring (bicyclic) bond motifs is 1. The van der Waals surface area contributed by atoms with Crippen LogP contribution in [0.5, 0.6) is 0 Å². The third-order valence-corrected chi connectivity index (χ3v) is 2.49. The van der Waals surface area contributed by atoms with E-state index in [-0.39, 0.29) is 0 Å². The molecule has 1 aromatic heterocycles. The highest BCUT2D eigenvalue weighted by molar-refractivity contribution is 5.76. The first-order chi connectivity index (χ1) is 7.86. The molecule has 0 aliphatic heterocycles. The highest BCUT2D eigenvalue weighted by Gasteiger charge is 2.07. The molecule has 0 saturated heterocycles. The van der Waals surface area contributed by atoms with E-state index >= 15 is 0 Å². The zero-order valence-corrected chi connectivity index (χ0v) is 9.22. The van der Waals surface area contributed by atoms with Crippen LogP contribution in [-0.4, -0.2) is 9.55 Å². The SMILES string of the molecule is CC=CCn1c(CC#N)nc2ccccc21. The van der Waals surface area contributed by atoms with Crippen LogP contribution in [0.15, 0.2) is 36.4 Å². The Labute approximate surface area is 94.6 Å². The molecule has 1 aromatic carbocycles. The summed E-state index contributed by atoms with van der Waals surface area (Å²) < 4.78 is 2.08. The van der Waals surface area contributed by atoms with Crippen molar-refractivity contribution in [2.24, 2.45) is 0 Å². The van der Waals surface area contributed by atoms with Gasteiger partial charge in [-0.25, -0.2) is 4.98 Å². The number of nitrogens with zero attached hydrogens (tertiary/aromatic N) is 3. The summed E-state index contributed by atoms with van der Waals surface area (Å²) in [7, 11) is 0. The molecule has 80 valence electrons. The van der Waals surface area contributed by atoms with E-state index in [1.807, 2.05) is 37.3 Å². The molecule has 2 aromatic rings. The lowest BCUT2D eigenvalue weighted by atomic mass is 10.3. The molecule has 0 amide bonds. The molecule has 0 aliphatic carbocycles. The van der Waals surface area contributed by atoms with Gasteiger partial charge in [0.1, 0.15) is 5.82 Å². The van der Waals surface area contributed by atoms with Crippen LogP contribution in [0.3, 0.4) is 0 Å². The van der Waals surface area contributed by atoms with E-state index in [1.165, 1.54) is 0 Å². The summed E-state index contributed by atoms with van der Waals surface area (Å²) >= 11 is 0. The monoisotopic (exact) mass is 211 g/mol. The number of hydrogen-bond acceptors (Lipinski definition) is 2. The lowest BCUT2D eigenvalue weighted by molar-refractivity contribution is 0.787. The molecule has 0 radical (unpaired) electrons. The molecule has 0 atom stereocenters. The fraction of sp³-hybridized carbons (Fsp3) is 0.231. The van der Waals surface area contributed by atoms with Crippen LogP contribution < -0.4 is 0 Å². The van der Waals surface area contributed by atoms with Crippen molar-refractivity contribution >= 4 is 11.0 Å². The Morgan fingerprint density at radius 2 is 2.25 bits per heavy atom. The van der Waals surface area contributed by atoms with Gasteiger partial charge in [-0.15, -0.1) is 0 Å². The number of imidazole rings is 1. The minimum atomic E-state index is 0.353. The molecule has 0 aliphatic rings. The van der Waals surface area contributed by atoms with Gasteiger partial charge in [-0.05, 0) is 19.1 Å². The fourth-order valence-electron chi connectivity index (χ4n) is 1.75. The van der Waals surface area contributed by atoms with Gasteiger partial charge in [0.2, 0.25) is 0 Å². The Kier molecular flexibility index (Phi) is 3.02. The fourth-order valence-corrected chi connectivity index (χ4v) is 1.75. The average Bonchev–Trinajstić information content (AvgIpc) is 2.65. The molecule has 16 heavy (non-hydrogen) atoms. The molecular formula is C13H13N3.